The summed E-state index contributed by atoms with van der Waals surface area (Å²) in [6.45, 7) is 15.6. The van der Waals surface area contributed by atoms with Crippen LogP contribution in [0, 0.1) is 33.5 Å². The molecular formula is C53H84O25S. The van der Waals surface area contributed by atoms with Gasteiger partial charge in [0.15, 0.2) is 25.2 Å². The lowest BCUT2D eigenvalue weighted by molar-refractivity contribution is -0.382. The molecule has 9 rings (SSSR count). The Morgan fingerprint density at radius 1 is 0.785 bits per heavy atom. The Morgan fingerprint density at radius 3 is 2.09 bits per heavy atom. The first-order chi connectivity index (χ1) is 36.8. The highest BCUT2D eigenvalue weighted by Gasteiger charge is 2.85. The Labute approximate surface area is 459 Å². The van der Waals surface area contributed by atoms with Crippen LogP contribution in [0.25, 0.3) is 0 Å². The Balaban J connectivity index is 0.902. The molecule has 11 N–H and O–H groups in total. The summed E-state index contributed by atoms with van der Waals surface area (Å²) in [7, 11) is -3.96. The van der Waals surface area contributed by atoms with Crippen molar-refractivity contribution in [3.63, 3.8) is 0 Å². The third kappa shape index (κ3) is 10.0. The number of fused-ring (bicyclic) bond motifs is 4. The van der Waals surface area contributed by atoms with Crippen LogP contribution < -0.4 is 0 Å². The monoisotopic (exact) mass is 1150 g/mol. The molecule has 0 bridgehead atoms. The van der Waals surface area contributed by atoms with Gasteiger partial charge in [-0.15, -0.1) is 6.58 Å². The molecule has 5 aliphatic heterocycles. The largest absolute Gasteiger partial charge is 0.456 e. The van der Waals surface area contributed by atoms with Crippen LogP contribution >= 0.6 is 0 Å². The summed E-state index contributed by atoms with van der Waals surface area (Å²) in [5, 5.41) is 114. The van der Waals surface area contributed by atoms with E-state index in [1.807, 2.05) is 27.7 Å². The van der Waals surface area contributed by atoms with E-state index in [1.54, 1.807) is 6.92 Å². The van der Waals surface area contributed by atoms with E-state index in [1.165, 1.54) is 14.0 Å². The molecule has 452 valence electrons. The Hall–Kier alpha value is -1.94. The maximum Gasteiger partial charge on any atom is 0.397 e. The molecule has 5 heterocycles. The van der Waals surface area contributed by atoms with Gasteiger partial charge < -0.3 is 98.4 Å². The predicted molar refractivity (Wildman–Crippen MR) is 268 cm³/mol. The van der Waals surface area contributed by atoms with Gasteiger partial charge in [-0.1, -0.05) is 44.9 Å². The van der Waals surface area contributed by atoms with Crippen molar-refractivity contribution in [2.24, 2.45) is 33.5 Å². The molecule has 0 amide bonds. The molecule has 25 nitrogen and oxygen atoms in total. The Kier molecular flexibility index (Phi) is 17.3. The van der Waals surface area contributed by atoms with Gasteiger partial charge in [-0.2, -0.15) is 8.42 Å². The standard InChI is InChI=1S/C53H84O25S/c1-23(2)11-10-15-51(8)52(64)18-17-50(7)25-12-13-30-48(4,5)32(14-16-49(30,6)26(25)19-31(56)53(50,52)47(63)77-51)73-46-42(34(58)29(22-70-46)78-79(65,66)67)76-44-36(60)35(59)39(24(3)71-44)74-43-37(61)40(27(55)21-69-43)75-45-38(62)41(68-9)33(57)28(20-54)72-45/h12,24,26-46,54-62,64H,1,10-11,13-22H2,2-9H3,(H,65,66,67)/t24-,26+,27-,28-,29-,30+,31+,32+,33-,34+,35-,36-,37-,38-,39-,40+,41+,42-,43+,44+,45+,46+,49-,50+,51+,52+,53-/m1/s1. The minimum absolute atomic E-state index is 0.111. The van der Waals surface area contributed by atoms with Gasteiger partial charge in [0.1, 0.15) is 96.0 Å². The zero-order valence-electron chi connectivity index (χ0n) is 46.0. The molecule has 0 aromatic carbocycles. The second-order valence-corrected chi connectivity index (χ2v) is 26.1. The van der Waals surface area contributed by atoms with E-state index in [4.69, 9.17) is 51.6 Å². The lowest BCUT2D eigenvalue weighted by Crippen LogP contribution is -2.68. The summed E-state index contributed by atoms with van der Waals surface area (Å²) in [6, 6.07) is 0. The predicted octanol–water partition coefficient (Wildman–Crippen LogP) is -0.836. The third-order valence-electron chi connectivity index (χ3n) is 20.2. The van der Waals surface area contributed by atoms with Crippen molar-refractivity contribution in [2.75, 3.05) is 26.9 Å². The van der Waals surface area contributed by atoms with Crippen LogP contribution in [0.5, 0.6) is 0 Å². The summed E-state index contributed by atoms with van der Waals surface area (Å²) >= 11 is 0. The van der Waals surface area contributed by atoms with Crippen LogP contribution in [0.15, 0.2) is 23.8 Å². The molecule has 0 aromatic rings. The minimum atomic E-state index is -5.17. The highest BCUT2D eigenvalue weighted by atomic mass is 32.3. The Bertz CT molecular complexity index is 2380. The van der Waals surface area contributed by atoms with Gasteiger partial charge in [0, 0.05) is 12.5 Å². The maximum atomic E-state index is 14.5. The number of carbonyl (C=O) groups excluding carboxylic acids is 1. The number of hydrogen-bond acceptors (Lipinski definition) is 24. The number of carbonyl (C=O) groups is 1. The summed E-state index contributed by atoms with van der Waals surface area (Å²) < 4.78 is 97.6. The van der Waals surface area contributed by atoms with Gasteiger partial charge >= 0.3 is 16.4 Å². The van der Waals surface area contributed by atoms with Crippen molar-refractivity contribution >= 4 is 16.4 Å². The fourth-order valence-corrected chi connectivity index (χ4v) is 16.5. The molecule has 4 aliphatic carbocycles. The number of aliphatic hydroxyl groups excluding tert-OH is 9. The molecule has 8 fully saturated rings. The zero-order chi connectivity index (χ0) is 57.9. The topological polar surface area (TPSA) is 375 Å². The first-order valence-electron chi connectivity index (χ1n) is 27.6. The number of esters is 1. The van der Waals surface area contributed by atoms with E-state index in [2.05, 4.69) is 19.6 Å². The smallest absolute Gasteiger partial charge is 0.397 e. The first kappa shape index (κ1) is 61.6. The quantitative estimate of drug-likeness (QED) is 0.0510. The lowest BCUT2D eigenvalue weighted by atomic mass is 9.39. The molecule has 26 heteroatoms. The number of methoxy groups -OCH3 is 1. The van der Waals surface area contributed by atoms with Crippen molar-refractivity contribution < 1.29 is 120 Å². The van der Waals surface area contributed by atoms with Crippen molar-refractivity contribution in [2.45, 2.75) is 240 Å². The second-order valence-electron chi connectivity index (χ2n) is 25.1. The van der Waals surface area contributed by atoms with E-state index in [0.29, 0.717) is 44.9 Å². The number of cyclic esters (lactones) is 1. The summed E-state index contributed by atoms with van der Waals surface area (Å²) in [4.78, 5) is 14.5. The van der Waals surface area contributed by atoms with Crippen LogP contribution in [0.3, 0.4) is 0 Å². The SMILES string of the molecule is C=C(C)CCC[C@]1(C)OC(=O)[C@]23[C@@H](O)C[C@H]4C(=CC[C@H]5C(C)(C)[C@@H](O[C@@H]6OC[C@@H](OS(=O)(=O)O)[C@H](O)[C@H]6O[C@@H]6O[C@H](C)[C@@H](O[C@@H]7OC[C@@H](O)[C@H](O[C@@H]8O[C@H](CO)[C@@H](O)[C@H](OC)[C@H]8O)[C@H]7O)[C@H](O)[C@H]6O)CC[C@]45C)[C@]2(C)CC[C@@]31O. The van der Waals surface area contributed by atoms with E-state index in [9.17, 15) is 68.8 Å². The van der Waals surface area contributed by atoms with Gasteiger partial charge in [-0.25, -0.2) is 4.18 Å². The highest BCUT2D eigenvalue weighted by Crippen LogP contribution is 2.77. The fourth-order valence-electron chi connectivity index (χ4n) is 16.0. The van der Waals surface area contributed by atoms with Crippen molar-refractivity contribution in [3.8, 4) is 0 Å². The van der Waals surface area contributed by atoms with Crippen molar-refractivity contribution in [1.82, 2.24) is 0 Å². The second kappa shape index (κ2) is 22.2. The van der Waals surface area contributed by atoms with E-state index in [-0.39, 0.29) is 24.7 Å². The maximum absolute atomic E-state index is 14.5. The van der Waals surface area contributed by atoms with Gasteiger partial charge in [0.2, 0.25) is 0 Å². The molecule has 9 aliphatic rings. The van der Waals surface area contributed by atoms with E-state index < -0.39 is 192 Å². The molecule has 5 saturated heterocycles. The molecule has 0 unspecified atom stereocenters. The number of allylic oxidation sites excluding steroid dienone is 3. The third-order valence-corrected chi connectivity index (χ3v) is 20.7. The van der Waals surface area contributed by atoms with Crippen molar-refractivity contribution in [1.29, 1.82) is 0 Å². The van der Waals surface area contributed by atoms with Crippen molar-refractivity contribution in [3.05, 3.63) is 23.8 Å². The van der Waals surface area contributed by atoms with Gasteiger partial charge in [-0.05, 0) is 101 Å². The van der Waals surface area contributed by atoms with E-state index >= 15 is 0 Å². The van der Waals surface area contributed by atoms with Crippen LogP contribution in [-0.4, -0.2) is 231 Å². The van der Waals surface area contributed by atoms with Crippen LogP contribution in [-0.2, 0) is 66.7 Å². The summed E-state index contributed by atoms with van der Waals surface area (Å²) in [5.41, 5.74) is -4.49. The number of ether oxygens (including phenoxy) is 10. The van der Waals surface area contributed by atoms with Crippen LogP contribution in [0.2, 0.25) is 0 Å². The fraction of sp³-hybridized carbons (Fsp3) is 0.906. The van der Waals surface area contributed by atoms with Crippen LogP contribution in [0.1, 0.15) is 106 Å². The lowest BCUT2D eigenvalue weighted by Gasteiger charge is -2.65. The first-order valence-corrected chi connectivity index (χ1v) is 28.9. The van der Waals surface area contributed by atoms with Gasteiger partial charge in [0.05, 0.1) is 38.1 Å². The van der Waals surface area contributed by atoms with E-state index in [0.717, 1.165) is 11.1 Å². The van der Waals surface area contributed by atoms with Crippen LogP contribution in [0.4, 0.5) is 0 Å². The summed E-state index contributed by atoms with van der Waals surface area (Å²) in [6.07, 6.45) is -24.7. The normalized spacial score (nSPS) is 51.6. The average Bonchev–Trinajstić information content (AvgIpc) is 3.75. The molecule has 79 heavy (non-hydrogen) atoms. The van der Waals surface area contributed by atoms with Gasteiger partial charge in [0.25, 0.3) is 0 Å². The average molecular weight is 1150 g/mol. The summed E-state index contributed by atoms with van der Waals surface area (Å²) in [5.74, 6) is -0.882. The number of rotatable bonds is 16. The highest BCUT2D eigenvalue weighted by molar-refractivity contribution is 7.80. The Morgan fingerprint density at radius 2 is 1.43 bits per heavy atom. The molecule has 27 atom stereocenters. The number of aliphatic hydroxyl groups is 10. The minimum Gasteiger partial charge on any atom is -0.456 e. The molecule has 0 radical (unpaired) electrons. The molecule has 0 aromatic heterocycles. The zero-order valence-corrected chi connectivity index (χ0v) is 46.8. The number of hydrogen-bond donors (Lipinski definition) is 11. The molecule has 3 saturated carbocycles. The molecular weight excluding hydrogens is 1070 g/mol. The van der Waals surface area contributed by atoms with Gasteiger partial charge in [-0.3, -0.25) is 9.35 Å². The molecule has 1 spiro atoms.